The molecule has 1 aliphatic rings. The summed E-state index contributed by atoms with van der Waals surface area (Å²) in [5.41, 5.74) is -0.445. The summed E-state index contributed by atoms with van der Waals surface area (Å²) >= 11 is 0. The van der Waals surface area contributed by atoms with Crippen LogP contribution in [0.25, 0.3) is 10.9 Å². The van der Waals surface area contributed by atoms with Crippen molar-refractivity contribution in [3.8, 4) is 0 Å². The van der Waals surface area contributed by atoms with Crippen LogP contribution in [0.15, 0.2) is 24.3 Å². The molecule has 1 heterocycles. The number of carbonyl (C=O) groups excluding carboxylic acids is 1. The second-order valence-electron chi connectivity index (χ2n) is 6.15. The molecule has 122 valence electrons. The van der Waals surface area contributed by atoms with Gasteiger partial charge in [0.1, 0.15) is 17.1 Å². The lowest BCUT2D eigenvalue weighted by molar-refractivity contribution is -0.151. The van der Waals surface area contributed by atoms with Gasteiger partial charge in [-0.1, -0.05) is 25.3 Å². The second kappa shape index (κ2) is 5.68. The Balaban J connectivity index is 1.96. The maximum atomic E-state index is 13.8. The predicted molar refractivity (Wildman–Crippen MR) is 83.8 cm³/mol. The van der Waals surface area contributed by atoms with E-state index in [2.05, 4.69) is 4.98 Å². The van der Waals surface area contributed by atoms with E-state index < -0.39 is 23.2 Å². The van der Waals surface area contributed by atoms with Crippen molar-refractivity contribution in [3.63, 3.8) is 0 Å². The normalized spacial score (nSPS) is 17.1. The first-order valence-electron chi connectivity index (χ1n) is 7.74. The van der Waals surface area contributed by atoms with Gasteiger partial charge in [0.2, 0.25) is 0 Å². The van der Waals surface area contributed by atoms with Gasteiger partial charge in [-0.05, 0) is 31.0 Å². The van der Waals surface area contributed by atoms with Crippen LogP contribution < -0.4 is 0 Å². The van der Waals surface area contributed by atoms with Gasteiger partial charge in [-0.25, -0.2) is 9.18 Å². The standard InChI is InChI=1S/C17H19FN2O3/c1-20(17(16(22)23)8-3-2-4-9-17)15(21)14-10-11-12(18)6-5-7-13(11)19-14/h5-7,10,19H,2-4,8-9H2,1H3,(H,22,23). The quantitative estimate of drug-likeness (QED) is 0.913. The number of carboxylic acid groups (broad SMARTS) is 1. The number of nitrogens with one attached hydrogen (secondary N) is 1. The van der Waals surface area contributed by atoms with Crippen LogP contribution in [0.2, 0.25) is 0 Å². The van der Waals surface area contributed by atoms with Crippen molar-refractivity contribution in [3.05, 3.63) is 35.8 Å². The summed E-state index contributed by atoms with van der Waals surface area (Å²) < 4.78 is 13.8. The van der Waals surface area contributed by atoms with Crippen molar-refractivity contribution in [2.45, 2.75) is 37.6 Å². The lowest BCUT2D eigenvalue weighted by Crippen LogP contribution is -2.56. The average molecular weight is 318 g/mol. The van der Waals surface area contributed by atoms with Gasteiger partial charge in [-0.3, -0.25) is 4.79 Å². The molecule has 6 heteroatoms. The molecule has 1 aromatic carbocycles. The van der Waals surface area contributed by atoms with E-state index in [4.69, 9.17) is 0 Å². The van der Waals surface area contributed by atoms with Crippen LogP contribution in [0, 0.1) is 5.82 Å². The van der Waals surface area contributed by atoms with Gasteiger partial charge in [-0.2, -0.15) is 0 Å². The maximum Gasteiger partial charge on any atom is 0.329 e. The van der Waals surface area contributed by atoms with Gasteiger partial charge in [0.25, 0.3) is 5.91 Å². The minimum Gasteiger partial charge on any atom is -0.479 e. The minimum atomic E-state index is -1.18. The minimum absolute atomic E-state index is 0.207. The highest BCUT2D eigenvalue weighted by molar-refractivity contribution is 6.00. The number of hydrogen-bond acceptors (Lipinski definition) is 2. The molecule has 3 rings (SSSR count). The molecule has 1 saturated carbocycles. The van der Waals surface area contributed by atoms with Gasteiger partial charge in [0.15, 0.2) is 0 Å². The summed E-state index contributed by atoms with van der Waals surface area (Å²) in [5, 5.41) is 10.0. The van der Waals surface area contributed by atoms with Crippen molar-refractivity contribution in [2.24, 2.45) is 0 Å². The molecule has 0 atom stereocenters. The molecular weight excluding hydrogens is 299 g/mol. The van der Waals surface area contributed by atoms with E-state index in [0.717, 1.165) is 19.3 Å². The molecule has 1 amide bonds. The molecule has 5 nitrogen and oxygen atoms in total. The van der Waals surface area contributed by atoms with Crippen LogP contribution in [-0.2, 0) is 4.79 Å². The average Bonchev–Trinajstić information content (AvgIpc) is 2.99. The number of amides is 1. The molecule has 0 bridgehead atoms. The smallest absolute Gasteiger partial charge is 0.329 e. The third-order valence-corrected chi connectivity index (χ3v) is 4.87. The topological polar surface area (TPSA) is 73.4 Å². The van der Waals surface area contributed by atoms with Crippen LogP contribution in [0.3, 0.4) is 0 Å². The second-order valence-corrected chi connectivity index (χ2v) is 6.15. The Morgan fingerprint density at radius 3 is 2.57 bits per heavy atom. The number of carbonyl (C=O) groups is 2. The number of carboxylic acids is 1. The zero-order chi connectivity index (χ0) is 16.6. The highest BCUT2D eigenvalue weighted by Gasteiger charge is 2.45. The van der Waals surface area contributed by atoms with Crippen LogP contribution in [0.1, 0.15) is 42.6 Å². The molecule has 1 aromatic heterocycles. The van der Waals surface area contributed by atoms with Crippen molar-refractivity contribution >= 4 is 22.8 Å². The molecule has 0 aliphatic heterocycles. The first-order chi connectivity index (χ1) is 11.0. The van der Waals surface area contributed by atoms with E-state index in [1.165, 1.54) is 24.1 Å². The highest BCUT2D eigenvalue weighted by atomic mass is 19.1. The third-order valence-electron chi connectivity index (χ3n) is 4.87. The molecule has 0 spiro atoms. The molecule has 2 N–H and O–H groups in total. The van der Waals surface area contributed by atoms with Gasteiger partial charge in [0.05, 0.1) is 0 Å². The summed E-state index contributed by atoms with van der Waals surface area (Å²) in [6, 6.07) is 6.02. The Hall–Kier alpha value is -2.37. The Morgan fingerprint density at radius 2 is 1.96 bits per heavy atom. The Kier molecular flexibility index (Phi) is 3.83. The number of fused-ring (bicyclic) bond motifs is 1. The number of benzene rings is 1. The number of aromatic amines is 1. The lowest BCUT2D eigenvalue weighted by Gasteiger charge is -2.40. The van der Waals surface area contributed by atoms with E-state index in [1.807, 2.05) is 0 Å². The Morgan fingerprint density at radius 1 is 1.26 bits per heavy atom. The molecule has 23 heavy (non-hydrogen) atoms. The zero-order valence-corrected chi connectivity index (χ0v) is 12.9. The number of rotatable bonds is 3. The lowest BCUT2D eigenvalue weighted by atomic mass is 9.80. The molecule has 0 saturated heterocycles. The third kappa shape index (κ3) is 2.48. The molecule has 2 aromatic rings. The number of likely N-dealkylation sites (N-methyl/N-ethyl adjacent to an activating group) is 1. The van der Waals surface area contributed by atoms with E-state index in [1.54, 1.807) is 12.1 Å². The zero-order valence-electron chi connectivity index (χ0n) is 12.9. The fraction of sp³-hybridized carbons (Fsp3) is 0.412. The molecule has 0 unspecified atom stereocenters. The maximum absolute atomic E-state index is 13.8. The fourth-order valence-corrected chi connectivity index (χ4v) is 3.44. The first-order valence-corrected chi connectivity index (χ1v) is 7.74. The highest BCUT2D eigenvalue weighted by Crippen LogP contribution is 2.34. The van der Waals surface area contributed by atoms with E-state index in [0.29, 0.717) is 23.7 Å². The van der Waals surface area contributed by atoms with Crippen molar-refractivity contribution < 1.29 is 19.1 Å². The number of nitrogens with zero attached hydrogens (tertiary/aromatic N) is 1. The van der Waals surface area contributed by atoms with E-state index >= 15 is 0 Å². The predicted octanol–water partition coefficient (Wildman–Crippen LogP) is 3.17. The number of hydrogen-bond donors (Lipinski definition) is 2. The summed E-state index contributed by atoms with van der Waals surface area (Å²) in [4.78, 5) is 28.7. The summed E-state index contributed by atoms with van der Waals surface area (Å²) in [6.45, 7) is 0. The van der Waals surface area contributed by atoms with Gasteiger partial charge < -0.3 is 15.0 Å². The first kappa shape index (κ1) is 15.5. The van der Waals surface area contributed by atoms with Gasteiger partial charge >= 0.3 is 5.97 Å². The van der Waals surface area contributed by atoms with Crippen molar-refractivity contribution in [2.75, 3.05) is 7.05 Å². The Labute approximate surface area is 133 Å². The Bertz CT molecular complexity index is 762. The summed E-state index contributed by atoms with van der Waals surface area (Å²) in [6.07, 6.45) is 3.43. The SMILES string of the molecule is CN(C(=O)c1cc2c(F)cccc2[nH]1)C1(C(=O)O)CCCCC1. The summed E-state index contributed by atoms with van der Waals surface area (Å²) in [5.74, 6) is -1.81. The van der Waals surface area contributed by atoms with E-state index in [9.17, 15) is 19.1 Å². The number of H-pyrrole nitrogens is 1. The number of halogens is 1. The summed E-state index contributed by atoms with van der Waals surface area (Å²) in [7, 11) is 1.52. The number of aromatic nitrogens is 1. The van der Waals surface area contributed by atoms with Crippen molar-refractivity contribution in [1.82, 2.24) is 9.88 Å². The van der Waals surface area contributed by atoms with Crippen LogP contribution in [0.5, 0.6) is 0 Å². The monoisotopic (exact) mass is 318 g/mol. The van der Waals surface area contributed by atoms with Crippen LogP contribution >= 0.6 is 0 Å². The van der Waals surface area contributed by atoms with Crippen LogP contribution in [0.4, 0.5) is 4.39 Å². The molecule has 0 radical (unpaired) electrons. The fourth-order valence-electron chi connectivity index (χ4n) is 3.44. The molecule has 1 fully saturated rings. The van der Waals surface area contributed by atoms with Crippen LogP contribution in [-0.4, -0.2) is 39.5 Å². The van der Waals surface area contributed by atoms with E-state index in [-0.39, 0.29) is 5.69 Å². The van der Waals surface area contributed by atoms with Gasteiger partial charge in [0, 0.05) is 18.0 Å². The van der Waals surface area contributed by atoms with Crippen molar-refractivity contribution in [1.29, 1.82) is 0 Å². The largest absolute Gasteiger partial charge is 0.479 e. The molecule has 1 aliphatic carbocycles. The van der Waals surface area contributed by atoms with Gasteiger partial charge in [-0.15, -0.1) is 0 Å². The molecular formula is C17H19FN2O3. The number of aliphatic carboxylic acids is 1.